The van der Waals surface area contributed by atoms with Crippen molar-refractivity contribution in [2.45, 2.75) is 6.42 Å². The van der Waals surface area contributed by atoms with Gasteiger partial charge in [0.15, 0.2) is 5.65 Å². The Balaban J connectivity index is 1.89. The third-order valence-electron chi connectivity index (χ3n) is 3.90. The molecule has 0 saturated carbocycles. The van der Waals surface area contributed by atoms with Crippen molar-refractivity contribution in [2.75, 3.05) is 18.0 Å². The number of fused-ring (bicyclic) bond motifs is 3. The molecule has 8 nitrogen and oxygen atoms in total. The molecule has 8 heteroatoms. The molecule has 3 aromatic heterocycles. The lowest BCUT2D eigenvalue weighted by Crippen LogP contribution is -2.24. The Morgan fingerprint density at radius 1 is 1.43 bits per heavy atom. The number of carboxylic acid groups (broad SMARTS) is 1. The summed E-state index contributed by atoms with van der Waals surface area (Å²) < 4.78 is 0. The lowest BCUT2D eigenvalue weighted by atomic mass is 10.1. The first-order chi connectivity index (χ1) is 10.2. The van der Waals surface area contributed by atoms with E-state index in [0.717, 1.165) is 16.6 Å². The van der Waals surface area contributed by atoms with Gasteiger partial charge in [0.1, 0.15) is 11.3 Å². The number of rotatable bonds is 2. The second kappa shape index (κ2) is 4.37. The van der Waals surface area contributed by atoms with Gasteiger partial charge in [0, 0.05) is 24.7 Å². The van der Waals surface area contributed by atoms with Crippen LogP contribution in [-0.2, 0) is 4.79 Å². The SMILES string of the molecule is O=C(O)C1CCN(c2[nH]ncc3nnc4nccc4c23)C1. The summed E-state index contributed by atoms with van der Waals surface area (Å²) in [5.41, 5.74) is 1.25. The smallest absolute Gasteiger partial charge is 0.308 e. The van der Waals surface area contributed by atoms with E-state index >= 15 is 0 Å². The van der Waals surface area contributed by atoms with Crippen LogP contribution >= 0.6 is 0 Å². The highest BCUT2D eigenvalue weighted by atomic mass is 16.4. The van der Waals surface area contributed by atoms with Gasteiger partial charge in [-0.05, 0) is 12.5 Å². The number of nitrogens with one attached hydrogen (secondary N) is 1. The normalized spacial score (nSPS) is 18.7. The third kappa shape index (κ3) is 1.79. The summed E-state index contributed by atoms with van der Waals surface area (Å²) in [6.45, 7) is 1.14. The van der Waals surface area contributed by atoms with E-state index in [4.69, 9.17) is 5.11 Å². The number of aromatic amines is 1. The molecule has 0 aliphatic carbocycles. The molecule has 1 unspecified atom stereocenters. The van der Waals surface area contributed by atoms with Crippen LogP contribution in [0.4, 0.5) is 5.82 Å². The molecular weight excluding hydrogens is 272 g/mol. The molecule has 1 aliphatic rings. The maximum absolute atomic E-state index is 11.1. The van der Waals surface area contributed by atoms with Crippen molar-refractivity contribution in [2.24, 2.45) is 5.92 Å². The van der Waals surface area contributed by atoms with Gasteiger partial charge in [-0.25, -0.2) is 4.98 Å². The minimum absolute atomic E-state index is 0.350. The predicted molar refractivity (Wildman–Crippen MR) is 74.9 cm³/mol. The van der Waals surface area contributed by atoms with E-state index < -0.39 is 5.97 Å². The van der Waals surface area contributed by atoms with E-state index in [1.165, 1.54) is 0 Å². The van der Waals surface area contributed by atoms with Crippen LogP contribution in [0.5, 0.6) is 0 Å². The maximum atomic E-state index is 11.1. The van der Waals surface area contributed by atoms with Crippen LogP contribution < -0.4 is 4.90 Å². The highest BCUT2D eigenvalue weighted by Gasteiger charge is 2.30. The van der Waals surface area contributed by atoms with Crippen LogP contribution in [0.15, 0.2) is 18.5 Å². The van der Waals surface area contributed by atoms with Crippen LogP contribution in [-0.4, -0.2) is 49.5 Å². The number of carboxylic acids is 1. The van der Waals surface area contributed by atoms with Gasteiger partial charge >= 0.3 is 5.97 Å². The van der Waals surface area contributed by atoms with E-state index in [-0.39, 0.29) is 5.92 Å². The van der Waals surface area contributed by atoms with Gasteiger partial charge in [0.25, 0.3) is 0 Å². The zero-order valence-corrected chi connectivity index (χ0v) is 11.0. The molecule has 0 spiro atoms. The van der Waals surface area contributed by atoms with Gasteiger partial charge in [0.05, 0.1) is 17.5 Å². The highest BCUT2D eigenvalue weighted by molar-refractivity contribution is 6.08. The number of aromatic nitrogens is 5. The van der Waals surface area contributed by atoms with Crippen molar-refractivity contribution in [3.63, 3.8) is 0 Å². The first-order valence-electron chi connectivity index (χ1n) is 6.66. The first kappa shape index (κ1) is 12.0. The van der Waals surface area contributed by atoms with Crippen LogP contribution in [0.2, 0.25) is 0 Å². The topological polar surface area (TPSA) is 108 Å². The molecule has 2 N–H and O–H groups in total. The molecule has 3 aromatic rings. The number of H-pyrrole nitrogens is 1. The molecule has 0 amide bonds. The molecule has 0 radical (unpaired) electrons. The fourth-order valence-corrected chi connectivity index (χ4v) is 2.83. The molecule has 21 heavy (non-hydrogen) atoms. The monoisotopic (exact) mass is 284 g/mol. The van der Waals surface area contributed by atoms with Crippen molar-refractivity contribution in [1.29, 1.82) is 0 Å². The largest absolute Gasteiger partial charge is 0.481 e. The summed E-state index contributed by atoms with van der Waals surface area (Å²) in [6.07, 6.45) is 3.93. The van der Waals surface area contributed by atoms with Gasteiger partial charge < -0.3 is 10.0 Å². The lowest BCUT2D eigenvalue weighted by Gasteiger charge is -2.19. The number of hydrogen-bond acceptors (Lipinski definition) is 6. The van der Waals surface area contributed by atoms with Crippen molar-refractivity contribution in [1.82, 2.24) is 25.4 Å². The first-order valence-corrected chi connectivity index (χ1v) is 6.66. The number of carbonyl (C=O) groups is 1. The summed E-state index contributed by atoms with van der Waals surface area (Å²) in [5, 5.41) is 26.2. The van der Waals surface area contributed by atoms with E-state index in [0.29, 0.717) is 30.7 Å². The Labute approximate surface area is 118 Å². The van der Waals surface area contributed by atoms with Crippen molar-refractivity contribution in [3.05, 3.63) is 18.5 Å². The average molecular weight is 284 g/mol. The second-order valence-corrected chi connectivity index (χ2v) is 5.13. The molecule has 106 valence electrons. The molecular formula is C13H12N6O2. The fourth-order valence-electron chi connectivity index (χ4n) is 2.83. The van der Waals surface area contributed by atoms with Gasteiger partial charge in [-0.15, -0.1) is 10.2 Å². The average Bonchev–Trinajstić information content (AvgIpc) is 3.15. The number of hydrogen-bond donors (Lipinski definition) is 2. The molecule has 1 aliphatic heterocycles. The Bertz CT molecular complexity index is 845. The Kier molecular flexibility index (Phi) is 2.50. The third-order valence-corrected chi connectivity index (χ3v) is 3.90. The molecule has 4 rings (SSSR count). The van der Waals surface area contributed by atoms with E-state index in [2.05, 4.69) is 25.4 Å². The number of aliphatic carboxylic acids is 1. The van der Waals surface area contributed by atoms with Gasteiger partial charge in [0.2, 0.25) is 0 Å². The quantitative estimate of drug-likeness (QED) is 0.716. The highest BCUT2D eigenvalue weighted by Crippen LogP contribution is 2.31. The van der Waals surface area contributed by atoms with Crippen molar-refractivity contribution < 1.29 is 9.90 Å². The van der Waals surface area contributed by atoms with Gasteiger partial charge in [-0.3, -0.25) is 9.89 Å². The minimum Gasteiger partial charge on any atom is -0.481 e. The van der Waals surface area contributed by atoms with Crippen LogP contribution in [0.3, 0.4) is 0 Å². The van der Waals surface area contributed by atoms with Crippen LogP contribution in [0, 0.1) is 5.92 Å². The minimum atomic E-state index is -0.759. The standard InChI is InChI=1S/C13H12N6O2/c20-13(21)7-2-4-19(6-7)12-10-8-1-3-14-11(8)17-16-9(10)5-15-18-12/h1,3,5,7,18H,2,4,6H2,(H,20,21). The zero-order chi connectivity index (χ0) is 14.4. The van der Waals surface area contributed by atoms with Crippen LogP contribution in [0.25, 0.3) is 21.9 Å². The zero-order valence-electron chi connectivity index (χ0n) is 11.0. The maximum Gasteiger partial charge on any atom is 0.308 e. The summed E-state index contributed by atoms with van der Waals surface area (Å²) in [4.78, 5) is 17.3. The van der Waals surface area contributed by atoms with Crippen molar-refractivity contribution >= 4 is 33.7 Å². The number of nitrogens with zero attached hydrogens (tertiary/aromatic N) is 5. The second-order valence-electron chi connectivity index (χ2n) is 5.13. The summed E-state index contributed by atoms with van der Waals surface area (Å²) in [6, 6.07) is 1.88. The Morgan fingerprint density at radius 2 is 2.33 bits per heavy atom. The van der Waals surface area contributed by atoms with E-state index in [9.17, 15) is 4.79 Å². The van der Waals surface area contributed by atoms with Crippen LogP contribution in [0.1, 0.15) is 6.42 Å². The Hall–Kier alpha value is -2.77. The molecule has 1 fully saturated rings. The molecule has 0 bridgehead atoms. The summed E-state index contributed by atoms with van der Waals surface area (Å²) in [5.74, 6) is -0.327. The van der Waals surface area contributed by atoms with E-state index in [1.54, 1.807) is 12.4 Å². The van der Waals surface area contributed by atoms with Gasteiger partial charge in [-0.1, -0.05) is 0 Å². The van der Waals surface area contributed by atoms with Gasteiger partial charge in [-0.2, -0.15) is 5.10 Å². The molecule has 4 heterocycles. The lowest BCUT2D eigenvalue weighted by molar-refractivity contribution is -0.140. The summed E-state index contributed by atoms with van der Waals surface area (Å²) >= 11 is 0. The Morgan fingerprint density at radius 3 is 3.14 bits per heavy atom. The fraction of sp³-hybridized carbons (Fsp3) is 0.308. The molecule has 1 saturated heterocycles. The number of anilines is 1. The predicted octanol–water partition coefficient (Wildman–Crippen LogP) is 0.812. The van der Waals surface area contributed by atoms with E-state index in [1.807, 2.05) is 11.0 Å². The summed E-state index contributed by atoms with van der Waals surface area (Å²) in [7, 11) is 0. The molecule has 1 atom stereocenters. The molecule has 0 aromatic carbocycles. The van der Waals surface area contributed by atoms with Crippen molar-refractivity contribution in [3.8, 4) is 0 Å².